The Morgan fingerprint density at radius 3 is 2.79 bits per heavy atom. The zero-order valence-corrected chi connectivity index (χ0v) is 7.35. The summed E-state index contributed by atoms with van der Waals surface area (Å²) in [6.45, 7) is 0. The van der Waals surface area contributed by atoms with Crippen LogP contribution in [0.4, 0.5) is 8.78 Å². The fourth-order valence-corrected chi connectivity index (χ4v) is 1.67. The van der Waals surface area contributed by atoms with E-state index in [9.17, 15) is 8.78 Å². The van der Waals surface area contributed by atoms with Gasteiger partial charge in [-0.15, -0.1) is 0 Å². The topological polar surface area (TPSA) is 23.8 Å². The number of hydrogen-bond donors (Lipinski definition) is 0. The second kappa shape index (κ2) is 3.22. The molecule has 0 saturated heterocycles. The summed E-state index contributed by atoms with van der Waals surface area (Å²) in [5.41, 5.74) is 1.21. The van der Waals surface area contributed by atoms with E-state index < -0.39 is 11.6 Å². The second-order valence-corrected chi connectivity index (χ2v) is 3.18. The highest BCUT2D eigenvalue weighted by atomic mass is 19.1. The van der Waals surface area contributed by atoms with Crippen molar-refractivity contribution in [3.05, 3.63) is 41.0 Å². The van der Waals surface area contributed by atoms with Crippen molar-refractivity contribution < 1.29 is 8.78 Å². The van der Waals surface area contributed by atoms with E-state index in [1.165, 1.54) is 6.07 Å². The van der Waals surface area contributed by atoms with Crippen LogP contribution in [0.15, 0.2) is 18.2 Å². The van der Waals surface area contributed by atoms with Crippen LogP contribution in [0.5, 0.6) is 0 Å². The molecule has 70 valence electrons. The minimum absolute atomic E-state index is 0.365. The van der Waals surface area contributed by atoms with Gasteiger partial charge in [0.15, 0.2) is 0 Å². The third-order valence-corrected chi connectivity index (χ3v) is 2.31. The van der Waals surface area contributed by atoms with Gasteiger partial charge in [0.1, 0.15) is 11.6 Å². The molecule has 1 aliphatic rings. The van der Waals surface area contributed by atoms with Gasteiger partial charge in [-0.25, -0.2) is 8.78 Å². The van der Waals surface area contributed by atoms with E-state index in [2.05, 4.69) is 0 Å². The number of halogens is 2. The van der Waals surface area contributed by atoms with Crippen LogP contribution in [0.2, 0.25) is 0 Å². The summed E-state index contributed by atoms with van der Waals surface area (Å²) in [4.78, 5) is 0. The normalized spacial score (nSPS) is 14.2. The molecule has 0 radical (unpaired) electrons. The molecule has 1 nitrogen and oxygen atoms in total. The van der Waals surface area contributed by atoms with E-state index in [0.29, 0.717) is 29.5 Å². The summed E-state index contributed by atoms with van der Waals surface area (Å²) >= 11 is 0. The third-order valence-electron chi connectivity index (χ3n) is 2.31. The van der Waals surface area contributed by atoms with Crippen molar-refractivity contribution in [1.82, 2.24) is 0 Å². The van der Waals surface area contributed by atoms with Crippen LogP contribution >= 0.6 is 0 Å². The van der Waals surface area contributed by atoms with Crippen LogP contribution in [0.25, 0.3) is 5.57 Å². The molecule has 3 heteroatoms. The molecular weight excluding hydrogens is 184 g/mol. The molecule has 14 heavy (non-hydrogen) atoms. The smallest absolute Gasteiger partial charge is 0.129 e. The highest BCUT2D eigenvalue weighted by Crippen LogP contribution is 2.28. The Morgan fingerprint density at radius 1 is 1.29 bits per heavy atom. The van der Waals surface area contributed by atoms with Crippen LogP contribution in [-0.2, 0) is 6.42 Å². The molecule has 1 aliphatic carbocycles. The van der Waals surface area contributed by atoms with Crippen LogP contribution in [-0.4, -0.2) is 0 Å². The number of rotatable bonds is 0. The van der Waals surface area contributed by atoms with Crippen LogP contribution in [0.1, 0.15) is 17.5 Å². The van der Waals surface area contributed by atoms with Gasteiger partial charge in [0.05, 0.1) is 11.6 Å². The molecule has 1 aromatic rings. The average Bonchev–Trinajstić information content (AvgIpc) is 2.17. The molecule has 0 amide bonds. The maximum atomic E-state index is 13.3. The van der Waals surface area contributed by atoms with Crippen molar-refractivity contribution >= 4 is 5.57 Å². The van der Waals surface area contributed by atoms with Gasteiger partial charge in [-0.1, -0.05) is 6.08 Å². The van der Waals surface area contributed by atoms with Gasteiger partial charge < -0.3 is 0 Å². The lowest BCUT2D eigenvalue weighted by Gasteiger charge is -2.13. The van der Waals surface area contributed by atoms with E-state index in [-0.39, 0.29) is 0 Å². The first-order chi connectivity index (χ1) is 6.72. The van der Waals surface area contributed by atoms with Crippen molar-refractivity contribution in [2.75, 3.05) is 0 Å². The van der Waals surface area contributed by atoms with Crippen molar-refractivity contribution in [2.24, 2.45) is 0 Å². The van der Waals surface area contributed by atoms with Crippen LogP contribution in [0, 0.1) is 23.0 Å². The Hall–Kier alpha value is -1.69. The number of allylic oxidation sites excluding steroid dienone is 2. The Kier molecular flexibility index (Phi) is 2.05. The van der Waals surface area contributed by atoms with Crippen molar-refractivity contribution in [3.8, 4) is 6.07 Å². The molecule has 0 unspecified atom stereocenters. The van der Waals surface area contributed by atoms with Crippen molar-refractivity contribution in [1.29, 1.82) is 5.26 Å². The predicted molar refractivity (Wildman–Crippen MR) is 48.3 cm³/mol. The van der Waals surface area contributed by atoms with E-state index in [1.54, 1.807) is 6.08 Å². The molecule has 0 fully saturated rings. The van der Waals surface area contributed by atoms with Gasteiger partial charge in [-0.2, -0.15) is 5.26 Å². The highest BCUT2D eigenvalue weighted by Gasteiger charge is 2.17. The molecule has 0 heterocycles. The second-order valence-electron chi connectivity index (χ2n) is 3.18. The minimum Gasteiger partial charge on any atom is -0.207 e. The standard InChI is InChI=1S/C11H7F2N/c12-8-4-10-7(6-14)2-1-3-9(10)11(13)5-8/h2,4-5H,1,3H2. The first kappa shape index (κ1) is 8.89. The summed E-state index contributed by atoms with van der Waals surface area (Å²) in [5.74, 6) is -1.19. The van der Waals surface area contributed by atoms with E-state index >= 15 is 0 Å². The third kappa shape index (κ3) is 1.29. The lowest BCUT2D eigenvalue weighted by Crippen LogP contribution is -2.03. The zero-order chi connectivity index (χ0) is 10.1. The number of hydrogen-bond acceptors (Lipinski definition) is 1. The van der Waals surface area contributed by atoms with E-state index in [4.69, 9.17) is 5.26 Å². The highest BCUT2D eigenvalue weighted by molar-refractivity contribution is 5.79. The molecule has 2 rings (SSSR count). The lowest BCUT2D eigenvalue weighted by molar-refractivity contribution is 0.570. The summed E-state index contributed by atoms with van der Waals surface area (Å²) in [7, 11) is 0. The Bertz CT molecular complexity index is 455. The van der Waals surface area contributed by atoms with Gasteiger partial charge in [-0.05, 0) is 24.5 Å². The van der Waals surface area contributed by atoms with Crippen molar-refractivity contribution in [3.63, 3.8) is 0 Å². The van der Waals surface area contributed by atoms with Gasteiger partial charge >= 0.3 is 0 Å². The summed E-state index contributed by atoms with van der Waals surface area (Å²) < 4.78 is 26.2. The molecule has 1 aromatic carbocycles. The Labute approximate surface area is 80.3 Å². The first-order valence-electron chi connectivity index (χ1n) is 4.31. The molecule has 0 bridgehead atoms. The number of nitrogens with zero attached hydrogens (tertiary/aromatic N) is 1. The lowest BCUT2D eigenvalue weighted by atomic mass is 9.91. The molecule has 0 N–H and O–H groups in total. The monoisotopic (exact) mass is 191 g/mol. The van der Waals surface area contributed by atoms with Gasteiger partial charge in [0, 0.05) is 11.6 Å². The maximum absolute atomic E-state index is 13.3. The number of nitriles is 1. The summed E-state index contributed by atoms with van der Waals surface area (Å²) in [6, 6.07) is 4.02. The Morgan fingerprint density at radius 2 is 2.07 bits per heavy atom. The molecule has 0 atom stereocenters. The summed E-state index contributed by atoms with van der Waals surface area (Å²) in [6.07, 6.45) is 2.88. The minimum atomic E-state index is -0.635. The van der Waals surface area contributed by atoms with Gasteiger partial charge in [0.25, 0.3) is 0 Å². The van der Waals surface area contributed by atoms with E-state index in [1.807, 2.05) is 6.07 Å². The molecular formula is C11H7F2N. The van der Waals surface area contributed by atoms with Crippen LogP contribution in [0.3, 0.4) is 0 Å². The largest absolute Gasteiger partial charge is 0.207 e. The van der Waals surface area contributed by atoms with Gasteiger partial charge in [-0.3, -0.25) is 0 Å². The molecule has 0 spiro atoms. The fourth-order valence-electron chi connectivity index (χ4n) is 1.67. The fraction of sp³-hybridized carbons (Fsp3) is 0.182. The average molecular weight is 191 g/mol. The van der Waals surface area contributed by atoms with Gasteiger partial charge in [0.2, 0.25) is 0 Å². The number of benzene rings is 1. The first-order valence-corrected chi connectivity index (χ1v) is 4.31. The summed E-state index contributed by atoms with van der Waals surface area (Å²) in [5, 5.41) is 8.76. The zero-order valence-electron chi connectivity index (χ0n) is 7.35. The molecule has 0 aliphatic heterocycles. The van der Waals surface area contributed by atoms with E-state index in [0.717, 1.165) is 6.07 Å². The quantitative estimate of drug-likeness (QED) is 0.618. The molecule has 0 aromatic heterocycles. The maximum Gasteiger partial charge on any atom is 0.129 e. The van der Waals surface area contributed by atoms with Crippen LogP contribution < -0.4 is 0 Å². The predicted octanol–water partition coefficient (Wildman–Crippen LogP) is 2.82. The Balaban J connectivity index is 2.67. The van der Waals surface area contributed by atoms with Crippen molar-refractivity contribution in [2.45, 2.75) is 12.8 Å². The SMILES string of the molecule is N#CC1=CCCc2c(F)cc(F)cc21. The number of fused-ring (bicyclic) bond motifs is 1. The molecule has 0 saturated carbocycles.